The Labute approximate surface area is 164 Å². The van der Waals surface area contributed by atoms with Crippen LogP contribution in [0.5, 0.6) is 0 Å². The highest BCUT2D eigenvalue weighted by Gasteiger charge is 2.21. The maximum Gasteiger partial charge on any atom is 0.317 e. The van der Waals surface area contributed by atoms with Crippen molar-refractivity contribution in [2.45, 2.75) is 13.5 Å². The van der Waals surface area contributed by atoms with E-state index in [-0.39, 0.29) is 6.03 Å². The van der Waals surface area contributed by atoms with E-state index < -0.39 is 0 Å². The van der Waals surface area contributed by atoms with E-state index in [1.54, 1.807) is 17.1 Å². The largest absolute Gasteiger partial charge is 0.368 e. The number of nitrogens with zero attached hydrogens (tertiary/aromatic N) is 5. The van der Waals surface area contributed by atoms with Gasteiger partial charge in [0.05, 0.1) is 0 Å². The average molecular weight is 376 g/mol. The lowest BCUT2D eigenvalue weighted by molar-refractivity contribution is 0.194. The van der Waals surface area contributed by atoms with Crippen LogP contribution in [-0.2, 0) is 6.54 Å². The van der Waals surface area contributed by atoms with E-state index in [2.05, 4.69) is 51.5 Å². The van der Waals surface area contributed by atoms with Crippen LogP contribution < -0.4 is 10.2 Å². The number of hydrogen-bond acceptors (Lipinski definition) is 4. The number of aryl methyl sites for hydroxylation is 1. The quantitative estimate of drug-likeness (QED) is 0.760. The molecular weight excluding hydrogens is 352 g/mol. The molecule has 0 aliphatic carbocycles. The molecular formula is C21H24N6O. The van der Waals surface area contributed by atoms with E-state index in [4.69, 9.17) is 0 Å². The third-order valence-corrected chi connectivity index (χ3v) is 5.02. The molecule has 0 bridgehead atoms. The summed E-state index contributed by atoms with van der Waals surface area (Å²) in [5.74, 6) is 0.757. The fourth-order valence-electron chi connectivity index (χ4n) is 3.42. The summed E-state index contributed by atoms with van der Waals surface area (Å²) in [6.07, 6.45) is 5.34. The molecule has 7 nitrogen and oxygen atoms in total. The van der Waals surface area contributed by atoms with Gasteiger partial charge in [0.1, 0.15) is 0 Å². The third kappa shape index (κ3) is 3.98. The first-order valence-corrected chi connectivity index (χ1v) is 9.49. The van der Waals surface area contributed by atoms with E-state index in [0.29, 0.717) is 6.54 Å². The van der Waals surface area contributed by atoms with Crippen LogP contribution in [0.4, 0.5) is 10.5 Å². The lowest BCUT2D eigenvalue weighted by Gasteiger charge is -2.36. The summed E-state index contributed by atoms with van der Waals surface area (Å²) in [5, 5.41) is 7.15. The molecule has 7 heteroatoms. The Morgan fingerprint density at radius 3 is 2.57 bits per heavy atom. The van der Waals surface area contributed by atoms with Crippen molar-refractivity contribution in [2.75, 3.05) is 31.1 Å². The molecule has 28 heavy (non-hydrogen) atoms. The first-order chi connectivity index (χ1) is 13.7. The molecule has 3 heterocycles. The minimum atomic E-state index is -0.0272. The summed E-state index contributed by atoms with van der Waals surface area (Å²) in [4.78, 5) is 21.1. The van der Waals surface area contributed by atoms with Crippen LogP contribution >= 0.6 is 0 Å². The Hall–Kier alpha value is -3.35. The molecule has 0 unspecified atom stereocenters. The van der Waals surface area contributed by atoms with Gasteiger partial charge in [-0.2, -0.15) is 5.10 Å². The molecule has 3 aromatic rings. The number of para-hydroxylation sites is 1. The molecule has 0 saturated carbocycles. The van der Waals surface area contributed by atoms with Crippen molar-refractivity contribution in [3.05, 3.63) is 72.2 Å². The van der Waals surface area contributed by atoms with Crippen molar-refractivity contribution in [1.82, 2.24) is 25.0 Å². The maximum absolute atomic E-state index is 12.5. The minimum Gasteiger partial charge on any atom is -0.368 e. The van der Waals surface area contributed by atoms with Crippen LogP contribution in [0.1, 0.15) is 11.1 Å². The number of carbonyl (C=O) groups excluding carboxylic acids is 1. The summed E-state index contributed by atoms with van der Waals surface area (Å²) < 4.78 is 1.70. The van der Waals surface area contributed by atoms with Gasteiger partial charge in [0.2, 0.25) is 0 Å². The molecule has 1 aliphatic heterocycles. The van der Waals surface area contributed by atoms with Crippen LogP contribution in [0.15, 0.2) is 61.1 Å². The number of amides is 2. The van der Waals surface area contributed by atoms with Crippen LogP contribution in [-0.4, -0.2) is 51.9 Å². The number of aromatic nitrogens is 3. The SMILES string of the molecule is Cc1ccccc1N1CCN(C(=O)NCc2ccc(-n3cccn3)nc2)CC1. The first kappa shape index (κ1) is 18.0. The zero-order valence-corrected chi connectivity index (χ0v) is 16.0. The standard InChI is InChI=1S/C21H24N6O/c1-17-5-2-3-6-19(17)25-11-13-26(14-12-25)21(28)23-16-18-7-8-20(22-15-18)27-10-4-9-24-27/h2-10,15H,11-14,16H2,1H3,(H,23,28). The van der Waals surface area contributed by atoms with Crippen molar-refractivity contribution in [2.24, 2.45) is 0 Å². The minimum absolute atomic E-state index is 0.0272. The second-order valence-corrected chi connectivity index (χ2v) is 6.89. The lowest BCUT2D eigenvalue weighted by atomic mass is 10.1. The molecule has 0 spiro atoms. The molecule has 144 valence electrons. The van der Waals surface area contributed by atoms with Gasteiger partial charge in [-0.3, -0.25) is 0 Å². The number of hydrogen-bond donors (Lipinski definition) is 1. The number of anilines is 1. The van der Waals surface area contributed by atoms with Crippen LogP contribution in [0.25, 0.3) is 5.82 Å². The average Bonchev–Trinajstić information content (AvgIpc) is 3.28. The zero-order valence-electron chi connectivity index (χ0n) is 16.0. The summed E-state index contributed by atoms with van der Waals surface area (Å²) in [7, 11) is 0. The Morgan fingerprint density at radius 2 is 1.89 bits per heavy atom. The topological polar surface area (TPSA) is 66.3 Å². The highest BCUT2D eigenvalue weighted by atomic mass is 16.2. The second-order valence-electron chi connectivity index (χ2n) is 6.89. The van der Waals surface area contributed by atoms with Gasteiger partial charge in [-0.05, 0) is 36.2 Å². The highest BCUT2D eigenvalue weighted by Crippen LogP contribution is 2.20. The highest BCUT2D eigenvalue weighted by molar-refractivity contribution is 5.74. The van der Waals surface area contributed by atoms with Crippen LogP contribution in [0.3, 0.4) is 0 Å². The molecule has 0 atom stereocenters. The fraction of sp³-hybridized carbons (Fsp3) is 0.286. The zero-order chi connectivity index (χ0) is 19.3. The van der Waals surface area contributed by atoms with Crippen molar-refractivity contribution < 1.29 is 4.79 Å². The van der Waals surface area contributed by atoms with Gasteiger partial charge in [0.25, 0.3) is 0 Å². The van der Waals surface area contributed by atoms with Gasteiger partial charge < -0.3 is 15.1 Å². The van der Waals surface area contributed by atoms with E-state index in [0.717, 1.165) is 37.6 Å². The number of nitrogens with one attached hydrogen (secondary N) is 1. The second kappa shape index (κ2) is 8.12. The number of benzene rings is 1. The maximum atomic E-state index is 12.5. The van der Waals surface area contributed by atoms with Gasteiger partial charge >= 0.3 is 6.03 Å². The molecule has 1 N–H and O–H groups in total. The van der Waals surface area contributed by atoms with Gasteiger partial charge in [0, 0.05) is 57.0 Å². The number of piperazine rings is 1. The Kier molecular flexibility index (Phi) is 5.23. The smallest absolute Gasteiger partial charge is 0.317 e. The summed E-state index contributed by atoms with van der Waals surface area (Å²) in [6, 6.07) is 14.1. The van der Waals surface area contributed by atoms with Crippen molar-refractivity contribution >= 4 is 11.7 Å². The number of rotatable bonds is 4. The molecule has 2 amide bonds. The molecule has 2 aromatic heterocycles. The van der Waals surface area contributed by atoms with Crippen molar-refractivity contribution in [3.63, 3.8) is 0 Å². The summed E-state index contributed by atoms with van der Waals surface area (Å²) >= 11 is 0. The Morgan fingerprint density at radius 1 is 1.07 bits per heavy atom. The monoisotopic (exact) mass is 376 g/mol. The molecule has 1 aromatic carbocycles. The van der Waals surface area contributed by atoms with E-state index in [1.807, 2.05) is 29.3 Å². The molecule has 0 radical (unpaired) electrons. The Bertz CT molecular complexity index is 914. The first-order valence-electron chi connectivity index (χ1n) is 9.49. The van der Waals surface area contributed by atoms with Crippen molar-refractivity contribution in [3.8, 4) is 5.82 Å². The van der Waals surface area contributed by atoms with E-state index in [9.17, 15) is 4.79 Å². The third-order valence-electron chi connectivity index (χ3n) is 5.02. The van der Waals surface area contributed by atoms with Gasteiger partial charge in [-0.25, -0.2) is 14.5 Å². The van der Waals surface area contributed by atoms with Gasteiger partial charge in [0.15, 0.2) is 5.82 Å². The molecule has 4 rings (SSSR count). The Balaban J connectivity index is 1.27. The van der Waals surface area contributed by atoms with Crippen LogP contribution in [0.2, 0.25) is 0 Å². The van der Waals surface area contributed by atoms with E-state index >= 15 is 0 Å². The van der Waals surface area contributed by atoms with Crippen LogP contribution in [0, 0.1) is 6.92 Å². The predicted octanol–water partition coefficient (Wildman–Crippen LogP) is 2.61. The van der Waals surface area contributed by atoms with E-state index in [1.165, 1.54) is 11.3 Å². The summed E-state index contributed by atoms with van der Waals surface area (Å²) in [6.45, 7) is 5.72. The number of carbonyl (C=O) groups is 1. The fourth-order valence-corrected chi connectivity index (χ4v) is 3.42. The lowest BCUT2D eigenvalue weighted by Crippen LogP contribution is -2.51. The molecule has 1 aliphatic rings. The normalized spacial score (nSPS) is 14.2. The molecule has 1 saturated heterocycles. The number of urea groups is 1. The summed E-state index contributed by atoms with van der Waals surface area (Å²) in [5.41, 5.74) is 3.49. The van der Waals surface area contributed by atoms with Crippen molar-refractivity contribution in [1.29, 1.82) is 0 Å². The van der Waals surface area contributed by atoms with Gasteiger partial charge in [-0.1, -0.05) is 24.3 Å². The molecule has 1 fully saturated rings. The predicted molar refractivity (Wildman–Crippen MR) is 109 cm³/mol. The number of pyridine rings is 1. The van der Waals surface area contributed by atoms with Gasteiger partial charge in [-0.15, -0.1) is 0 Å².